The Morgan fingerprint density at radius 2 is 2.24 bits per heavy atom. The molecule has 2 N–H and O–H groups in total. The van der Waals surface area contributed by atoms with Gasteiger partial charge in [0.15, 0.2) is 0 Å². The fourth-order valence-electron chi connectivity index (χ4n) is 1.97. The molecule has 1 saturated heterocycles. The highest BCUT2D eigenvalue weighted by molar-refractivity contribution is 7.91. The van der Waals surface area contributed by atoms with Crippen LogP contribution < -0.4 is 4.72 Å². The van der Waals surface area contributed by atoms with Crippen LogP contribution in [0.5, 0.6) is 0 Å². The molecule has 0 radical (unpaired) electrons. The highest BCUT2D eigenvalue weighted by Gasteiger charge is 2.39. The molecule has 0 unspecified atom stereocenters. The molecule has 6 nitrogen and oxygen atoms in total. The van der Waals surface area contributed by atoms with Crippen LogP contribution in [-0.4, -0.2) is 44.9 Å². The van der Waals surface area contributed by atoms with Crippen molar-refractivity contribution in [3.05, 3.63) is 23.4 Å². The van der Waals surface area contributed by atoms with Crippen LogP contribution in [0.15, 0.2) is 22.4 Å². The van der Waals surface area contributed by atoms with Crippen molar-refractivity contribution in [1.82, 2.24) is 9.71 Å². The van der Waals surface area contributed by atoms with E-state index < -0.39 is 15.4 Å². The van der Waals surface area contributed by atoms with E-state index in [4.69, 9.17) is 16.3 Å². The third kappa shape index (κ3) is 2.92. The third-order valence-corrected chi connectivity index (χ3v) is 6.55. The summed E-state index contributed by atoms with van der Waals surface area (Å²) in [6.07, 6.45) is 0. The quantitative estimate of drug-likeness (QED) is 0.793. The van der Waals surface area contributed by atoms with Crippen LogP contribution >= 0.6 is 22.9 Å². The van der Waals surface area contributed by atoms with Crippen molar-refractivity contribution in [2.45, 2.75) is 4.21 Å². The van der Waals surface area contributed by atoms with Gasteiger partial charge in [0.05, 0.1) is 35.5 Å². The van der Waals surface area contributed by atoms with Crippen LogP contribution in [0.1, 0.15) is 0 Å². The molecule has 3 heterocycles. The van der Waals surface area contributed by atoms with Crippen LogP contribution in [0.25, 0.3) is 10.2 Å². The fraction of sp³-hybridized carbons (Fsp3) is 0.417. The number of aromatic nitrogens is 1. The molecular formula is C12H13ClN2O4S2. The van der Waals surface area contributed by atoms with Crippen molar-refractivity contribution < 1.29 is 18.3 Å². The van der Waals surface area contributed by atoms with Gasteiger partial charge in [-0.2, -0.15) is 0 Å². The van der Waals surface area contributed by atoms with Gasteiger partial charge in [-0.05, 0) is 18.2 Å². The summed E-state index contributed by atoms with van der Waals surface area (Å²) in [5.74, 6) is 0. The second-order valence-corrected chi connectivity index (χ2v) is 8.52. The van der Waals surface area contributed by atoms with Gasteiger partial charge in [0.1, 0.15) is 9.36 Å². The minimum Gasteiger partial charge on any atom is -0.396 e. The lowest BCUT2D eigenvalue weighted by Crippen LogP contribution is -2.53. The van der Waals surface area contributed by atoms with E-state index in [1.54, 1.807) is 12.1 Å². The van der Waals surface area contributed by atoms with Gasteiger partial charge in [-0.25, -0.2) is 18.1 Å². The van der Waals surface area contributed by atoms with Crippen molar-refractivity contribution >= 4 is 43.2 Å². The van der Waals surface area contributed by atoms with E-state index in [2.05, 4.69) is 9.71 Å². The van der Waals surface area contributed by atoms with Gasteiger partial charge in [0, 0.05) is 6.54 Å². The van der Waals surface area contributed by atoms with Crippen LogP contribution in [-0.2, 0) is 14.8 Å². The largest absolute Gasteiger partial charge is 0.396 e. The Morgan fingerprint density at radius 1 is 1.48 bits per heavy atom. The van der Waals surface area contributed by atoms with Crippen molar-refractivity contribution in [1.29, 1.82) is 0 Å². The number of pyridine rings is 1. The summed E-state index contributed by atoms with van der Waals surface area (Å²) in [6, 6.07) is 4.86. The van der Waals surface area contributed by atoms with Gasteiger partial charge in [-0.1, -0.05) is 11.6 Å². The van der Waals surface area contributed by atoms with Crippen LogP contribution in [0.3, 0.4) is 0 Å². The Balaban J connectivity index is 1.82. The first-order chi connectivity index (χ1) is 9.94. The zero-order chi connectivity index (χ0) is 15.1. The predicted molar refractivity (Wildman–Crippen MR) is 80.2 cm³/mol. The minimum atomic E-state index is -3.64. The summed E-state index contributed by atoms with van der Waals surface area (Å²) in [6.45, 7) is 0.749. The first-order valence-corrected chi connectivity index (χ1v) is 8.86. The summed E-state index contributed by atoms with van der Waals surface area (Å²) in [5.41, 5.74) is 0.0439. The lowest BCUT2D eigenvalue weighted by molar-refractivity contribution is -0.132. The highest BCUT2D eigenvalue weighted by atomic mass is 35.5. The average molecular weight is 349 g/mol. The number of hydrogen-bond donors (Lipinski definition) is 2. The lowest BCUT2D eigenvalue weighted by atomic mass is 9.87. The SMILES string of the molecule is O=S(=O)(NCC1(CO)COC1)c1cc2nc(Cl)ccc2s1. The molecule has 0 saturated carbocycles. The fourth-order valence-corrected chi connectivity index (χ4v) is 4.64. The number of aliphatic hydroxyl groups is 1. The van der Waals surface area contributed by atoms with Gasteiger partial charge in [-0.3, -0.25) is 0 Å². The van der Waals surface area contributed by atoms with E-state index in [9.17, 15) is 13.5 Å². The van der Waals surface area contributed by atoms with Gasteiger partial charge >= 0.3 is 0 Å². The maximum atomic E-state index is 12.3. The zero-order valence-corrected chi connectivity index (χ0v) is 13.3. The van der Waals surface area contributed by atoms with Crippen molar-refractivity contribution in [3.63, 3.8) is 0 Å². The standard InChI is InChI=1S/C12H13ClN2O4S2/c13-10-2-1-9-8(15-10)3-11(20-9)21(17,18)14-4-12(5-16)6-19-7-12/h1-3,14,16H,4-7H2. The molecular weight excluding hydrogens is 336 g/mol. The first kappa shape index (κ1) is 15.1. The van der Waals surface area contributed by atoms with Gasteiger partial charge in [-0.15, -0.1) is 11.3 Å². The zero-order valence-electron chi connectivity index (χ0n) is 10.9. The topological polar surface area (TPSA) is 88.5 Å². The monoisotopic (exact) mass is 348 g/mol. The molecule has 1 fully saturated rings. The van der Waals surface area contributed by atoms with E-state index in [1.165, 1.54) is 6.07 Å². The van der Waals surface area contributed by atoms with Crippen molar-refractivity contribution in [3.8, 4) is 0 Å². The van der Waals surface area contributed by atoms with Gasteiger partial charge < -0.3 is 9.84 Å². The molecule has 0 spiro atoms. The van der Waals surface area contributed by atoms with Crippen molar-refractivity contribution in [2.75, 3.05) is 26.4 Å². The Hall–Kier alpha value is -0.770. The minimum absolute atomic E-state index is 0.112. The van der Waals surface area contributed by atoms with E-state index >= 15 is 0 Å². The molecule has 114 valence electrons. The first-order valence-electron chi connectivity index (χ1n) is 6.19. The number of rotatable bonds is 5. The van der Waals surface area contributed by atoms with E-state index in [0.717, 1.165) is 16.0 Å². The third-order valence-electron chi connectivity index (χ3n) is 3.37. The summed E-state index contributed by atoms with van der Waals surface area (Å²) >= 11 is 6.93. The maximum Gasteiger partial charge on any atom is 0.250 e. The van der Waals surface area contributed by atoms with Crippen LogP contribution in [0.2, 0.25) is 5.15 Å². The average Bonchev–Trinajstić information content (AvgIpc) is 2.81. The summed E-state index contributed by atoms with van der Waals surface area (Å²) in [4.78, 5) is 4.09. The summed E-state index contributed by atoms with van der Waals surface area (Å²) in [5, 5.41) is 9.63. The molecule has 9 heteroatoms. The smallest absolute Gasteiger partial charge is 0.250 e. The molecule has 21 heavy (non-hydrogen) atoms. The lowest BCUT2D eigenvalue weighted by Gasteiger charge is -2.39. The molecule has 2 aromatic rings. The number of fused-ring (bicyclic) bond motifs is 1. The normalized spacial score (nSPS) is 17.8. The van der Waals surface area contributed by atoms with E-state index in [-0.39, 0.29) is 17.4 Å². The summed E-state index contributed by atoms with van der Waals surface area (Å²) in [7, 11) is -3.64. The molecule has 2 aromatic heterocycles. The number of hydrogen-bond acceptors (Lipinski definition) is 6. The molecule has 1 aliphatic heterocycles. The van der Waals surface area contributed by atoms with Gasteiger partial charge in [0.25, 0.3) is 0 Å². The number of nitrogens with zero attached hydrogens (tertiary/aromatic N) is 1. The van der Waals surface area contributed by atoms with E-state index in [0.29, 0.717) is 23.9 Å². The molecule has 1 aliphatic rings. The number of aliphatic hydroxyl groups excluding tert-OH is 1. The number of nitrogens with one attached hydrogen (secondary N) is 1. The van der Waals surface area contributed by atoms with E-state index in [1.807, 2.05) is 0 Å². The molecule has 0 atom stereocenters. The highest BCUT2D eigenvalue weighted by Crippen LogP contribution is 2.30. The molecule has 0 aliphatic carbocycles. The van der Waals surface area contributed by atoms with Crippen LogP contribution in [0, 0.1) is 5.41 Å². The number of ether oxygens (including phenoxy) is 1. The Bertz CT molecular complexity index is 765. The Kier molecular flexibility index (Phi) is 3.93. The Morgan fingerprint density at radius 3 is 2.86 bits per heavy atom. The van der Waals surface area contributed by atoms with Crippen molar-refractivity contribution in [2.24, 2.45) is 5.41 Å². The second-order valence-electron chi connectivity index (χ2n) is 5.06. The van der Waals surface area contributed by atoms with Gasteiger partial charge in [0.2, 0.25) is 10.0 Å². The predicted octanol–water partition coefficient (Wildman–Crippen LogP) is 1.24. The second kappa shape index (κ2) is 5.45. The maximum absolute atomic E-state index is 12.3. The van der Waals surface area contributed by atoms with Crippen LogP contribution in [0.4, 0.5) is 0 Å². The number of sulfonamides is 1. The molecule has 0 aromatic carbocycles. The molecule has 0 amide bonds. The Labute approximate surface area is 130 Å². The molecule has 3 rings (SSSR count). The number of thiophene rings is 1. The summed E-state index contributed by atoms with van der Waals surface area (Å²) < 4.78 is 33.1. The molecule has 0 bridgehead atoms. The number of halogens is 1.